The first kappa shape index (κ1) is 36.3. The van der Waals surface area contributed by atoms with Crippen molar-refractivity contribution in [2.24, 2.45) is 20.0 Å². The van der Waals surface area contributed by atoms with Gasteiger partial charge in [-0.3, -0.25) is 9.98 Å². The van der Waals surface area contributed by atoms with Crippen LogP contribution in [0, 0.1) is 0 Å². The molecule has 0 fully saturated rings. The van der Waals surface area contributed by atoms with Gasteiger partial charge in [0.2, 0.25) is 0 Å². The zero-order valence-corrected chi connectivity index (χ0v) is 26.9. The summed E-state index contributed by atoms with van der Waals surface area (Å²) in [5, 5.41) is 0. The van der Waals surface area contributed by atoms with Crippen molar-refractivity contribution < 1.29 is 55.8 Å². The van der Waals surface area contributed by atoms with Crippen LogP contribution in [0.1, 0.15) is 89.4 Å². The Bertz CT molecular complexity index is 1150. The van der Waals surface area contributed by atoms with Crippen molar-refractivity contribution in [2.75, 3.05) is 0 Å². The summed E-state index contributed by atoms with van der Waals surface area (Å²) in [6.07, 6.45) is 25.6. The van der Waals surface area contributed by atoms with Crippen LogP contribution in [0.25, 0.3) is 0 Å². The maximum Gasteiger partial charge on any atom is 0.174 e. The fraction of sp³-hybridized carbons (Fsp3) is 0.452. The largest absolute Gasteiger partial charge is 1.00 e. The third-order valence-corrected chi connectivity index (χ3v) is 7.10. The van der Waals surface area contributed by atoms with Crippen LogP contribution in [0.2, 0.25) is 0 Å². The molecule has 5 nitrogen and oxygen atoms in total. The average molecular weight is 637 g/mol. The third kappa shape index (κ3) is 9.12. The normalized spacial score (nSPS) is 19.6. The molecule has 2 atom stereocenters. The number of amidine groups is 2. The summed E-state index contributed by atoms with van der Waals surface area (Å²) in [5.74, 6) is 1.39. The van der Waals surface area contributed by atoms with Gasteiger partial charge in [0.05, 0.1) is 11.4 Å². The van der Waals surface area contributed by atoms with Gasteiger partial charge >= 0.3 is 0 Å². The number of fused-ring (bicyclic) bond motifs is 2. The number of pyridine rings is 1. The van der Waals surface area contributed by atoms with E-state index >= 15 is 0 Å². The number of allylic oxidation sites excluding steroid dienone is 4. The van der Waals surface area contributed by atoms with Crippen LogP contribution in [-0.4, -0.2) is 40.2 Å². The Hall–Kier alpha value is -1.76. The van der Waals surface area contributed by atoms with Gasteiger partial charge in [0, 0.05) is 18.6 Å². The number of aromatic nitrogens is 1. The van der Waals surface area contributed by atoms with Crippen LogP contribution < -0.4 is 37.2 Å². The van der Waals surface area contributed by atoms with Crippen LogP contribution in [-0.2, 0) is 18.6 Å². The van der Waals surface area contributed by atoms with Crippen molar-refractivity contribution in [3.63, 3.8) is 0 Å². The molecular weight excluding hydrogens is 600 g/mol. The zero-order chi connectivity index (χ0) is 24.7. The molecule has 0 spiro atoms. The van der Waals surface area contributed by atoms with E-state index in [2.05, 4.69) is 50.3 Å². The molecule has 1 aromatic rings. The molecule has 1 radical (unpaired) electrons. The summed E-state index contributed by atoms with van der Waals surface area (Å²) in [5.41, 5.74) is 6.31. The van der Waals surface area contributed by atoms with Crippen LogP contribution in [0.15, 0.2) is 85.8 Å². The Morgan fingerprint density at radius 2 is 1.07 bits per heavy atom. The second-order valence-corrected chi connectivity index (χ2v) is 10.1. The minimum atomic E-state index is 0. The number of halogens is 3. The molecular formula is C31H37Cl3N5V-3. The van der Waals surface area contributed by atoms with Gasteiger partial charge in [0.1, 0.15) is 23.5 Å². The maximum absolute atomic E-state index is 4.87. The molecule has 0 amide bonds. The van der Waals surface area contributed by atoms with Gasteiger partial charge in [-0.05, 0) is 61.1 Å². The summed E-state index contributed by atoms with van der Waals surface area (Å²) in [7, 11) is 0. The molecule has 40 heavy (non-hydrogen) atoms. The standard InChI is InChI=1S/C31H37N5.3ClH.V/c1-3-5-7-9-12-22-16-18-24-28(20-22)35-30(33-24)26-14-11-15-27(32-26)31-34-25-19-17-23(21-29(25)36-31)13-10-8-6-4-2;;;;/h11,14-21,24-25H,3-10,12-13H2,1-2H3;3*1H;/p-3. The molecule has 2 aliphatic heterocycles. The third-order valence-electron chi connectivity index (χ3n) is 7.10. The second kappa shape index (κ2) is 17.9. The van der Waals surface area contributed by atoms with E-state index in [9.17, 15) is 0 Å². The van der Waals surface area contributed by atoms with Crippen molar-refractivity contribution >= 4 is 23.1 Å². The van der Waals surface area contributed by atoms with E-state index in [1.165, 1.54) is 62.5 Å². The van der Waals surface area contributed by atoms with Gasteiger partial charge in [-0.1, -0.05) is 82.7 Å². The zero-order valence-electron chi connectivity index (χ0n) is 23.2. The van der Waals surface area contributed by atoms with Crippen molar-refractivity contribution in [3.05, 3.63) is 77.2 Å². The molecule has 0 saturated carbocycles. The number of nitrogens with zero attached hydrogens (tertiary/aromatic N) is 5. The summed E-state index contributed by atoms with van der Waals surface area (Å²) < 4.78 is 0. The minimum absolute atomic E-state index is 0. The summed E-state index contributed by atoms with van der Waals surface area (Å²) in [6, 6.07) is 5.97. The fourth-order valence-corrected chi connectivity index (χ4v) is 5.01. The Labute approximate surface area is 269 Å². The molecule has 5 rings (SSSR count). The quantitative estimate of drug-likeness (QED) is 0.249. The van der Waals surface area contributed by atoms with E-state index in [1.807, 2.05) is 18.2 Å². The second-order valence-electron chi connectivity index (χ2n) is 10.1. The first-order valence-corrected chi connectivity index (χ1v) is 13.8. The van der Waals surface area contributed by atoms with Crippen LogP contribution in [0.3, 0.4) is 0 Å². The van der Waals surface area contributed by atoms with Gasteiger partial charge in [-0.15, -0.1) is 0 Å². The first-order valence-electron chi connectivity index (χ1n) is 13.8. The Balaban J connectivity index is 0.00000200. The van der Waals surface area contributed by atoms with E-state index < -0.39 is 0 Å². The van der Waals surface area contributed by atoms with Crippen molar-refractivity contribution in [1.29, 1.82) is 0 Å². The number of unbranched alkanes of at least 4 members (excludes halogenated alkanes) is 6. The van der Waals surface area contributed by atoms with Gasteiger partial charge < -0.3 is 37.2 Å². The number of rotatable bonds is 12. The Kier molecular flexibility index (Phi) is 16.3. The summed E-state index contributed by atoms with van der Waals surface area (Å²) in [6.45, 7) is 4.50. The van der Waals surface area contributed by atoms with E-state index in [4.69, 9.17) is 25.0 Å². The van der Waals surface area contributed by atoms with Crippen molar-refractivity contribution in [3.8, 4) is 0 Å². The van der Waals surface area contributed by atoms with E-state index in [0.717, 1.165) is 35.7 Å². The summed E-state index contributed by atoms with van der Waals surface area (Å²) >= 11 is 0. The Morgan fingerprint density at radius 3 is 1.50 bits per heavy atom. The Morgan fingerprint density at radius 1 is 0.625 bits per heavy atom. The monoisotopic (exact) mass is 635 g/mol. The van der Waals surface area contributed by atoms with Gasteiger partial charge in [0.25, 0.3) is 0 Å². The molecule has 0 N–H and O–H groups in total. The van der Waals surface area contributed by atoms with Crippen LogP contribution in [0.4, 0.5) is 0 Å². The molecule has 2 unspecified atom stereocenters. The molecule has 0 saturated heterocycles. The summed E-state index contributed by atoms with van der Waals surface area (Å²) in [4.78, 5) is 24.2. The maximum atomic E-state index is 4.87. The van der Waals surface area contributed by atoms with Gasteiger partial charge in [-0.2, -0.15) is 0 Å². The SMILES string of the molecule is CCCCCCC1=CC2=NC(c3cccc(C4=NC5C=CC(CCCCCC)=CC5=N4)n3)=NC2C=C1.[Cl-].[Cl-].[Cl-].[V]. The van der Waals surface area contributed by atoms with Crippen molar-refractivity contribution in [2.45, 2.75) is 90.1 Å². The topological polar surface area (TPSA) is 62.3 Å². The van der Waals surface area contributed by atoms with Gasteiger partial charge in [0.15, 0.2) is 11.7 Å². The minimum Gasteiger partial charge on any atom is -1.00 e. The molecule has 0 bridgehead atoms. The predicted molar refractivity (Wildman–Crippen MR) is 152 cm³/mol. The molecule has 4 aliphatic rings. The average Bonchev–Trinajstić information content (AvgIpc) is 3.53. The van der Waals surface area contributed by atoms with Gasteiger partial charge in [-0.25, -0.2) is 15.0 Å². The predicted octanol–water partition coefficient (Wildman–Crippen LogP) is -1.84. The van der Waals surface area contributed by atoms with E-state index in [1.54, 1.807) is 0 Å². The molecule has 3 heterocycles. The van der Waals surface area contributed by atoms with Crippen LogP contribution in [0.5, 0.6) is 0 Å². The molecule has 2 aliphatic carbocycles. The van der Waals surface area contributed by atoms with Crippen molar-refractivity contribution in [1.82, 2.24) is 4.98 Å². The number of hydrogen-bond acceptors (Lipinski definition) is 5. The molecule has 215 valence electrons. The van der Waals surface area contributed by atoms with E-state index in [-0.39, 0.29) is 67.9 Å². The number of hydrogen-bond donors (Lipinski definition) is 0. The fourth-order valence-electron chi connectivity index (χ4n) is 5.01. The molecule has 0 aromatic carbocycles. The first-order chi connectivity index (χ1) is 17.7. The number of aliphatic imine (C=N–C) groups is 4. The molecule has 1 aromatic heterocycles. The van der Waals surface area contributed by atoms with Crippen LogP contribution >= 0.6 is 0 Å². The smallest absolute Gasteiger partial charge is 0.174 e. The van der Waals surface area contributed by atoms with E-state index in [0.29, 0.717) is 11.7 Å². The molecule has 9 heteroatoms.